The SMILES string of the molecule is CN1CCN(c2ccc(C(=O)O)cc2S(=O)(=O)N2CCCCC2)CC1. The van der Waals surface area contributed by atoms with Crippen LogP contribution in [0.1, 0.15) is 29.6 Å². The van der Waals surface area contributed by atoms with Gasteiger partial charge in [-0.25, -0.2) is 13.2 Å². The summed E-state index contributed by atoms with van der Waals surface area (Å²) in [4.78, 5) is 15.7. The Hall–Kier alpha value is -1.64. The van der Waals surface area contributed by atoms with Crippen molar-refractivity contribution in [2.24, 2.45) is 0 Å². The molecule has 2 heterocycles. The number of hydrogen-bond acceptors (Lipinski definition) is 5. The van der Waals surface area contributed by atoms with Gasteiger partial charge in [-0.2, -0.15) is 4.31 Å². The molecule has 3 rings (SSSR count). The zero-order valence-corrected chi connectivity index (χ0v) is 15.3. The molecule has 0 spiro atoms. The molecule has 1 aromatic rings. The molecule has 25 heavy (non-hydrogen) atoms. The van der Waals surface area contributed by atoms with Gasteiger partial charge < -0.3 is 14.9 Å². The van der Waals surface area contributed by atoms with E-state index in [4.69, 9.17) is 0 Å². The molecule has 1 aromatic carbocycles. The molecule has 2 saturated heterocycles. The van der Waals surface area contributed by atoms with Gasteiger partial charge in [-0.1, -0.05) is 6.42 Å². The van der Waals surface area contributed by atoms with Gasteiger partial charge in [0, 0.05) is 39.3 Å². The van der Waals surface area contributed by atoms with Gasteiger partial charge in [-0.05, 0) is 38.1 Å². The van der Waals surface area contributed by atoms with E-state index in [1.165, 1.54) is 16.4 Å². The largest absolute Gasteiger partial charge is 0.478 e. The third kappa shape index (κ3) is 3.80. The lowest BCUT2D eigenvalue weighted by molar-refractivity contribution is 0.0696. The van der Waals surface area contributed by atoms with E-state index in [0.29, 0.717) is 18.8 Å². The number of sulfonamides is 1. The maximum atomic E-state index is 13.2. The van der Waals surface area contributed by atoms with E-state index in [9.17, 15) is 18.3 Å². The van der Waals surface area contributed by atoms with Crippen molar-refractivity contribution < 1.29 is 18.3 Å². The first-order valence-electron chi connectivity index (χ1n) is 8.70. The molecule has 0 aliphatic carbocycles. The van der Waals surface area contributed by atoms with Gasteiger partial charge in [0.25, 0.3) is 0 Å². The summed E-state index contributed by atoms with van der Waals surface area (Å²) in [6, 6.07) is 4.46. The van der Waals surface area contributed by atoms with Crippen LogP contribution in [0.4, 0.5) is 5.69 Å². The molecule has 138 valence electrons. The number of carboxylic acids is 1. The first-order chi connectivity index (χ1) is 11.9. The van der Waals surface area contributed by atoms with Crippen molar-refractivity contribution in [2.45, 2.75) is 24.2 Å². The molecule has 0 radical (unpaired) electrons. The Kier molecular flexibility index (Phi) is 5.31. The van der Waals surface area contributed by atoms with Crippen LogP contribution >= 0.6 is 0 Å². The van der Waals surface area contributed by atoms with E-state index >= 15 is 0 Å². The molecule has 8 heteroatoms. The van der Waals surface area contributed by atoms with E-state index in [1.54, 1.807) is 6.07 Å². The van der Waals surface area contributed by atoms with E-state index < -0.39 is 16.0 Å². The second-order valence-electron chi connectivity index (χ2n) is 6.74. The number of nitrogens with zero attached hydrogens (tertiary/aromatic N) is 3. The van der Waals surface area contributed by atoms with Crippen LogP contribution in [0.3, 0.4) is 0 Å². The van der Waals surface area contributed by atoms with Gasteiger partial charge in [-0.3, -0.25) is 0 Å². The summed E-state index contributed by atoms with van der Waals surface area (Å²) >= 11 is 0. The van der Waals surface area contributed by atoms with Crippen LogP contribution in [0, 0.1) is 0 Å². The minimum atomic E-state index is -3.70. The monoisotopic (exact) mass is 367 g/mol. The van der Waals surface area contributed by atoms with Crippen LogP contribution < -0.4 is 4.90 Å². The van der Waals surface area contributed by atoms with Gasteiger partial charge in [0.15, 0.2) is 0 Å². The standard InChI is InChI=1S/C17H25N3O4S/c1-18-9-11-19(12-10-18)15-6-5-14(17(21)22)13-16(15)25(23,24)20-7-3-2-4-8-20/h5-6,13H,2-4,7-12H2,1H3,(H,21,22). The number of hydrogen-bond donors (Lipinski definition) is 1. The van der Waals surface area contributed by atoms with Crippen LogP contribution in [0.2, 0.25) is 0 Å². The zero-order chi connectivity index (χ0) is 18.0. The number of anilines is 1. The summed E-state index contributed by atoms with van der Waals surface area (Å²) < 4.78 is 27.9. The summed E-state index contributed by atoms with van der Waals surface area (Å²) in [5.74, 6) is -1.11. The highest BCUT2D eigenvalue weighted by Crippen LogP contribution is 2.31. The topological polar surface area (TPSA) is 81.2 Å². The predicted molar refractivity (Wildman–Crippen MR) is 95.7 cm³/mol. The van der Waals surface area contributed by atoms with E-state index in [0.717, 1.165) is 45.4 Å². The number of piperidine rings is 1. The fourth-order valence-corrected chi connectivity index (χ4v) is 5.16. The van der Waals surface area contributed by atoms with E-state index in [2.05, 4.69) is 4.90 Å². The molecular weight excluding hydrogens is 342 g/mol. The van der Waals surface area contributed by atoms with Crippen LogP contribution in [0.25, 0.3) is 0 Å². The molecule has 7 nitrogen and oxygen atoms in total. The molecule has 0 amide bonds. The van der Waals surface area contributed by atoms with Crippen LogP contribution in [0.15, 0.2) is 23.1 Å². The average Bonchev–Trinajstić information content (AvgIpc) is 2.62. The molecule has 0 atom stereocenters. The van der Waals surface area contributed by atoms with Crippen molar-refractivity contribution in [2.75, 3.05) is 51.2 Å². The highest BCUT2D eigenvalue weighted by Gasteiger charge is 2.31. The number of aromatic carboxylic acids is 1. The van der Waals surface area contributed by atoms with E-state index in [-0.39, 0.29) is 10.5 Å². The molecular formula is C17H25N3O4S. The second kappa shape index (κ2) is 7.31. The highest BCUT2D eigenvalue weighted by atomic mass is 32.2. The summed E-state index contributed by atoms with van der Waals surface area (Å²) in [5.41, 5.74) is 0.622. The number of benzene rings is 1. The van der Waals surface area contributed by atoms with Crippen molar-refractivity contribution in [1.82, 2.24) is 9.21 Å². The molecule has 2 fully saturated rings. The fourth-order valence-electron chi connectivity index (χ4n) is 3.41. The van der Waals surface area contributed by atoms with Crippen molar-refractivity contribution >= 4 is 21.7 Å². The molecule has 0 unspecified atom stereocenters. The summed E-state index contributed by atoms with van der Waals surface area (Å²) in [7, 11) is -1.66. The van der Waals surface area contributed by atoms with Crippen LogP contribution in [-0.4, -0.2) is 75.0 Å². The Balaban J connectivity index is 2.02. The van der Waals surface area contributed by atoms with Gasteiger partial charge in [0.2, 0.25) is 10.0 Å². The van der Waals surface area contributed by atoms with Crippen LogP contribution in [0.5, 0.6) is 0 Å². The Morgan fingerprint density at radius 3 is 2.24 bits per heavy atom. The third-order valence-electron chi connectivity index (χ3n) is 4.98. The minimum absolute atomic E-state index is 0.00784. The normalized spacial score (nSPS) is 20.6. The first-order valence-corrected chi connectivity index (χ1v) is 10.1. The Labute approximate surface area is 148 Å². The number of carboxylic acid groups (broad SMARTS) is 1. The minimum Gasteiger partial charge on any atom is -0.478 e. The highest BCUT2D eigenvalue weighted by molar-refractivity contribution is 7.89. The van der Waals surface area contributed by atoms with Crippen LogP contribution in [-0.2, 0) is 10.0 Å². The Morgan fingerprint density at radius 2 is 1.64 bits per heavy atom. The molecule has 0 saturated carbocycles. The lowest BCUT2D eigenvalue weighted by atomic mass is 10.2. The molecule has 2 aliphatic rings. The number of carbonyl (C=O) groups is 1. The molecule has 0 bridgehead atoms. The summed E-state index contributed by atoms with van der Waals surface area (Å²) in [6.45, 7) is 4.16. The summed E-state index contributed by atoms with van der Waals surface area (Å²) in [6.07, 6.45) is 2.73. The first kappa shape index (κ1) is 18.2. The Morgan fingerprint density at radius 1 is 1.00 bits per heavy atom. The van der Waals surface area contributed by atoms with Gasteiger partial charge >= 0.3 is 5.97 Å². The quantitative estimate of drug-likeness (QED) is 0.864. The zero-order valence-electron chi connectivity index (χ0n) is 14.5. The number of piperazine rings is 1. The van der Waals surface area contributed by atoms with Crippen molar-refractivity contribution in [3.63, 3.8) is 0 Å². The summed E-state index contributed by atoms with van der Waals surface area (Å²) in [5, 5.41) is 9.29. The second-order valence-corrected chi connectivity index (χ2v) is 8.65. The lowest BCUT2D eigenvalue weighted by Crippen LogP contribution is -2.45. The van der Waals surface area contributed by atoms with Gasteiger partial charge in [-0.15, -0.1) is 0 Å². The Bertz CT molecular complexity index is 736. The van der Waals surface area contributed by atoms with Gasteiger partial charge in [0.1, 0.15) is 4.90 Å². The predicted octanol–water partition coefficient (Wildman–Crippen LogP) is 1.31. The van der Waals surface area contributed by atoms with Crippen molar-refractivity contribution in [1.29, 1.82) is 0 Å². The van der Waals surface area contributed by atoms with Crippen molar-refractivity contribution in [3.8, 4) is 0 Å². The molecule has 1 N–H and O–H groups in total. The lowest BCUT2D eigenvalue weighted by Gasteiger charge is -2.36. The third-order valence-corrected chi connectivity index (χ3v) is 6.91. The van der Waals surface area contributed by atoms with Crippen molar-refractivity contribution in [3.05, 3.63) is 23.8 Å². The maximum absolute atomic E-state index is 13.2. The number of likely N-dealkylation sites (N-methyl/N-ethyl adjacent to an activating group) is 1. The molecule has 0 aromatic heterocycles. The molecule has 2 aliphatic heterocycles. The van der Waals surface area contributed by atoms with E-state index in [1.807, 2.05) is 11.9 Å². The maximum Gasteiger partial charge on any atom is 0.335 e. The number of rotatable bonds is 4. The average molecular weight is 367 g/mol. The smallest absolute Gasteiger partial charge is 0.335 e. The van der Waals surface area contributed by atoms with Gasteiger partial charge in [0.05, 0.1) is 11.3 Å². The fraction of sp³-hybridized carbons (Fsp3) is 0.588.